The van der Waals surface area contributed by atoms with Crippen LogP contribution in [0.1, 0.15) is 47.0 Å². The molecule has 1 aliphatic carbocycles. The zero-order valence-electron chi connectivity index (χ0n) is 14.6. The summed E-state index contributed by atoms with van der Waals surface area (Å²) in [5.41, 5.74) is 8.08. The van der Waals surface area contributed by atoms with Gasteiger partial charge in [-0.3, -0.25) is 0 Å². The lowest BCUT2D eigenvalue weighted by molar-refractivity contribution is 0.414. The van der Waals surface area contributed by atoms with Gasteiger partial charge in [-0.05, 0) is 74.5 Å². The first-order chi connectivity index (χ1) is 10.6. The Morgan fingerprint density at radius 3 is 2.45 bits per heavy atom. The van der Waals surface area contributed by atoms with Crippen molar-refractivity contribution in [2.45, 2.75) is 47.0 Å². The Bertz CT molecular complexity index is 587. The van der Waals surface area contributed by atoms with E-state index in [0.29, 0.717) is 0 Å². The molecule has 0 aromatic heterocycles. The molecule has 1 heterocycles. The molecule has 22 heavy (non-hydrogen) atoms. The molecule has 0 saturated carbocycles. The number of rotatable bonds is 3. The summed E-state index contributed by atoms with van der Waals surface area (Å²) in [5.74, 6) is 0. The van der Waals surface area contributed by atoms with Crippen molar-refractivity contribution < 1.29 is 0 Å². The van der Waals surface area contributed by atoms with E-state index in [1.807, 2.05) is 0 Å². The van der Waals surface area contributed by atoms with E-state index in [9.17, 15) is 0 Å². The topological polar surface area (TPSA) is 3.24 Å². The maximum Gasteiger partial charge on any atom is 0.0183 e. The van der Waals surface area contributed by atoms with Gasteiger partial charge in [-0.25, -0.2) is 0 Å². The fourth-order valence-electron chi connectivity index (χ4n) is 3.31. The van der Waals surface area contributed by atoms with E-state index in [1.165, 1.54) is 53.9 Å². The predicted molar refractivity (Wildman–Crippen MR) is 97.7 cm³/mol. The molecule has 2 aliphatic rings. The molecule has 1 heteroatoms. The van der Waals surface area contributed by atoms with Gasteiger partial charge in [-0.1, -0.05) is 30.9 Å². The lowest BCUT2D eigenvalue weighted by atomic mass is 9.84. The second-order valence-corrected chi connectivity index (χ2v) is 6.21. The first-order valence-electron chi connectivity index (χ1n) is 8.39. The van der Waals surface area contributed by atoms with Crippen molar-refractivity contribution >= 4 is 0 Å². The minimum Gasteiger partial charge on any atom is -0.375 e. The number of likely N-dealkylation sites (tertiary alicyclic amines) is 1. The molecule has 0 spiro atoms. The molecule has 0 aromatic rings. The van der Waals surface area contributed by atoms with Gasteiger partial charge in [0.15, 0.2) is 0 Å². The summed E-state index contributed by atoms with van der Waals surface area (Å²) in [4.78, 5) is 2.54. The highest BCUT2D eigenvalue weighted by Gasteiger charge is 2.23. The maximum absolute atomic E-state index is 4.30. The maximum atomic E-state index is 4.30. The Kier molecular flexibility index (Phi) is 5.65. The monoisotopic (exact) mass is 295 g/mol. The molecule has 0 bridgehead atoms. The molecule has 1 nitrogen and oxygen atoms in total. The van der Waals surface area contributed by atoms with Crippen molar-refractivity contribution in [1.82, 2.24) is 4.90 Å². The number of hydrogen-bond acceptors (Lipinski definition) is 1. The molecule has 0 unspecified atom stereocenters. The van der Waals surface area contributed by atoms with Crippen LogP contribution in [0.2, 0.25) is 0 Å². The highest BCUT2D eigenvalue weighted by Crippen LogP contribution is 2.37. The van der Waals surface area contributed by atoms with Gasteiger partial charge in [0.2, 0.25) is 0 Å². The van der Waals surface area contributed by atoms with E-state index >= 15 is 0 Å². The predicted octanol–water partition coefficient (Wildman–Crippen LogP) is 5.71. The van der Waals surface area contributed by atoms with Crippen molar-refractivity contribution in [2.24, 2.45) is 0 Å². The van der Waals surface area contributed by atoms with Crippen molar-refractivity contribution in [3.63, 3.8) is 0 Å². The van der Waals surface area contributed by atoms with Crippen LogP contribution in [0.3, 0.4) is 0 Å². The van der Waals surface area contributed by atoms with E-state index in [4.69, 9.17) is 0 Å². The quantitative estimate of drug-likeness (QED) is 0.603. The molecule has 0 amide bonds. The molecule has 1 fully saturated rings. The second kappa shape index (κ2) is 7.49. The first kappa shape index (κ1) is 16.6. The third kappa shape index (κ3) is 3.52. The Morgan fingerprint density at radius 1 is 1.18 bits per heavy atom. The fraction of sp³-hybridized carbons (Fsp3) is 0.429. The molecule has 2 rings (SSSR count). The average Bonchev–Trinajstić information content (AvgIpc) is 3.05. The average molecular weight is 295 g/mol. The minimum atomic E-state index is 1.03. The Balaban J connectivity index is 2.40. The number of hydrogen-bond donors (Lipinski definition) is 0. The molecule has 0 atom stereocenters. The summed E-state index contributed by atoms with van der Waals surface area (Å²) in [6, 6.07) is 0. The van der Waals surface area contributed by atoms with Crippen molar-refractivity contribution in [3.05, 3.63) is 70.5 Å². The zero-order valence-corrected chi connectivity index (χ0v) is 14.6. The lowest BCUT2D eigenvalue weighted by Crippen LogP contribution is -2.22. The molecular formula is C21H29N. The highest BCUT2D eigenvalue weighted by atomic mass is 15.1. The van der Waals surface area contributed by atoms with E-state index in [0.717, 1.165) is 12.0 Å². The molecule has 0 radical (unpaired) electrons. The highest BCUT2D eigenvalue weighted by molar-refractivity contribution is 5.60. The van der Waals surface area contributed by atoms with Crippen LogP contribution in [0.15, 0.2) is 70.5 Å². The number of nitrogens with zero attached hydrogens (tertiary/aromatic N) is 1. The first-order valence-corrected chi connectivity index (χ1v) is 8.39. The molecule has 1 saturated heterocycles. The van der Waals surface area contributed by atoms with Crippen molar-refractivity contribution in [1.29, 1.82) is 0 Å². The van der Waals surface area contributed by atoms with Crippen LogP contribution in [0.4, 0.5) is 0 Å². The summed E-state index contributed by atoms with van der Waals surface area (Å²) in [6.45, 7) is 15.3. The van der Waals surface area contributed by atoms with Crippen molar-refractivity contribution in [3.8, 4) is 0 Å². The molecular weight excluding hydrogens is 266 g/mol. The van der Waals surface area contributed by atoms with E-state index in [1.54, 1.807) is 0 Å². The zero-order chi connectivity index (χ0) is 16.1. The summed E-state index contributed by atoms with van der Waals surface area (Å²) in [7, 11) is 0. The normalized spacial score (nSPS) is 24.5. The summed E-state index contributed by atoms with van der Waals surface area (Å²) < 4.78 is 0. The van der Waals surface area contributed by atoms with E-state index in [-0.39, 0.29) is 0 Å². The summed E-state index contributed by atoms with van der Waals surface area (Å²) in [5, 5.41) is 0. The van der Waals surface area contributed by atoms with E-state index < -0.39 is 0 Å². The van der Waals surface area contributed by atoms with E-state index in [2.05, 4.69) is 69.6 Å². The molecule has 118 valence electrons. The van der Waals surface area contributed by atoms with Crippen molar-refractivity contribution in [2.75, 3.05) is 13.1 Å². The summed E-state index contributed by atoms with van der Waals surface area (Å²) >= 11 is 0. The Morgan fingerprint density at radius 2 is 1.86 bits per heavy atom. The van der Waals surface area contributed by atoms with Crippen LogP contribution in [-0.4, -0.2) is 18.0 Å². The number of allylic oxidation sites excluding steroid dienone is 10. The Labute approximate surface area is 136 Å². The minimum absolute atomic E-state index is 1.03. The molecule has 0 aromatic carbocycles. The summed E-state index contributed by atoms with van der Waals surface area (Å²) in [6.07, 6.45) is 14.6. The van der Waals surface area contributed by atoms with Gasteiger partial charge in [0.25, 0.3) is 0 Å². The van der Waals surface area contributed by atoms with Crippen LogP contribution < -0.4 is 0 Å². The Hall–Kier alpha value is -1.76. The van der Waals surface area contributed by atoms with Crippen LogP contribution in [0, 0.1) is 0 Å². The largest absolute Gasteiger partial charge is 0.375 e. The van der Waals surface area contributed by atoms with Gasteiger partial charge >= 0.3 is 0 Å². The van der Waals surface area contributed by atoms with Crippen LogP contribution >= 0.6 is 0 Å². The second-order valence-electron chi connectivity index (χ2n) is 6.21. The standard InChI is InChI=1S/C21H29N/c1-6-8-11-16(3)18(5)21-15-19(22-12-9-10-13-22)14-17(4)20(21)7-2/h6-8,11,14H,4,9-10,12-13,15H2,1-3,5H3/b8-6-,16-11+,20-7-,21-18+. The molecule has 1 aliphatic heterocycles. The van der Waals surface area contributed by atoms with Gasteiger partial charge in [-0.2, -0.15) is 0 Å². The van der Waals surface area contributed by atoms with Gasteiger partial charge in [0.1, 0.15) is 0 Å². The fourth-order valence-corrected chi connectivity index (χ4v) is 3.31. The molecule has 0 N–H and O–H groups in total. The van der Waals surface area contributed by atoms with Gasteiger partial charge in [-0.15, -0.1) is 0 Å². The van der Waals surface area contributed by atoms with Gasteiger partial charge < -0.3 is 4.90 Å². The lowest BCUT2D eigenvalue weighted by Gasteiger charge is -2.30. The third-order valence-corrected chi connectivity index (χ3v) is 4.75. The SMILES string of the molecule is C=C1C=C(N2CCCC2)CC(=C(C)\C(C)=C\C=C/C)/C1=C\C. The third-order valence-electron chi connectivity index (χ3n) is 4.75. The van der Waals surface area contributed by atoms with Crippen LogP contribution in [0.25, 0.3) is 0 Å². The van der Waals surface area contributed by atoms with Gasteiger partial charge in [0.05, 0.1) is 0 Å². The smallest absolute Gasteiger partial charge is 0.0183 e. The van der Waals surface area contributed by atoms with Crippen LogP contribution in [-0.2, 0) is 0 Å². The van der Waals surface area contributed by atoms with Gasteiger partial charge in [0, 0.05) is 25.2 Å². The van der Waals surface area contributed by atoms with Crippen LogP contribution in [0.5, 0.6) is 0 Å².